The Hall–Kier alpha value is -0.661. The SMILES string of the molecule is C=O.C=O.[Mn][C]1=CC=CC1. The molecular weight excluding hydrogens is 171 g/mol. The van der Waals surface area contributed by atoms with Gasteiger partial charge in [-0.05, 0) is 0 Å². The molecule has 56 valence electrons. The molecular formula is C7H9MnO2. The Bertz CT molecular complexity index is 128. The van der Waals surface area contributed by atoms with Crippen LogP contribution in [0.15, 0.2) is 22.7 Å². The van der Waals surface area contributed by atoms with Gasteiger partial charge in [-0.15, -0.1) is 0 Å². The second-order valence-corrected chi connectivity index (χ2v) is 2.00. The fraction of sp³-hybridized carbons (Fsp3) is 0.143. The third-order valence-corrected chi connectivity index (χ3v) is 1.16. The van der Waals surface area contributed by atoms with Gasteiger partial charge in [0.25, 0.3) is 0 Å². The maximum absolute atomic E-state index is 8.00. The van der Waals surface area contributed by atoms with Crippen molar-refractivity contribution in [1.82, 2.24) is 0 Å². The van der Waals surface area contributed by atoms with Gasteiger partial charge in [-0.1, -0.05) is 0 Å². The van der Waals surface area contributed by atoms with E-state index in [1.165, 1.54) is 4.47 Å². The Morgan fingerprint density at radius 2 is 1.80 bits per heavy atom. The van der Waals surface area contributed by atoms with Crippen molar-refractivity contribution in [3.63, 3.8) is 0 Å². The van der Waals surface area contributed by atoms with E-state index in [-0.39, 0.29) is 0 Å². The van der Waals surface area contributed by atoms with E-state index in [1.807, 2.05) is 19.7 Å². The van der Waals surface area contributed by atoms with Crippen molar-refractivity contribution in [2.24, 2.45) is 0 Å². The van der Waals surface area contributed by atoms with Crippen LogP contribution in [0, 0.1) is 0 Å². The molecule has 10 heavy (non-hydrogen) atoms. The van der Waals surface area contributed by atoms with Gasteiger partial charge in [0.15, 0.2) is 0 Å². The summed E-state index contributed by atoms with van der Waals surface area (Å²) in [6.07, 6.45) is 7.30. The molecule has 0 spiro atoms. The maximum atomic E-state index is 8.00. The van der Waals surface area contributed by atoms with Crippen LogP contribution in [0.5, 0.6) is 0 Å². The molecule has 1 aliphatic carbocycles. The monoisotopic (exact) mass is 180 g/mol. The first-order valence-corrected chi connectivity index (χ1v) is 3.07. The molecule has 0 saturated carbocycles. The fourth-order valence-electron chi connectivity index (χ4n) is 0.421. The zero-order valence-electron chi connectivity index (χ0n) is 5.55. The van der Waals surface area contributed by atoms with E-state index in [0.717, 1.165) is 6.42 Å². The first kappa shape index (κ1) is 12.1. The number of rotatable bonds is 0. The van der Waals surface area contributed by atoms with Crippen LogP contribution >= 0.6 is 0 Å². The summed E-state index contributed by atoms with van der Waals surface area (Å²) in [4.78, 5) is 16.0. The molecule has 0 aromatic heterocycles. The van der Waals surface area contributed by atoms with Gasteiger partial charge >= 0.3 is 45.1 Å². The van der Waals surface area contributed by atoms with E-state index in [0.29, 0.717) is 0 Å². The molecule has 1 rings (SSSR count). The van der Waals surface area contributed by atoms with Gasteiger partial charge in [0, 0.05) is 0 Å². The van der Waals surface area contributed by atoms with Crippen LogP contribution in [0.3, 0.4) is 0 Å². The van der Waals surface area contributed by atoms with Gasteiger partial charge < -0.3 is 9.59 Å². The Kier molecular flexibility index (Phi) is 13.5. The molecule has 0 unspecified atom stereocenters. The van der Waals surface area contributed by atoms with Gasteiger partial charge in [-0.2, -0.15) is 0 Å². The molecule has 0 aromatic carbocycles. The van der Waals surface area contributed by atoms with E-state index < -0.39 is 0 Å². The van der Waals surface area contributed by atoms with E-state index in [2.05, 4.69) is 28.2 Å². The quantitative estimate of drug-likeness (QED) is 0.521. The topological polar surface area (TPSA) is 34.1 Å². The van der Waals surface area contributed by atoms with Crippen LogP contribution < -0.4 is 0 Å². The van der Waals surface area contributed by atoms with Crippen LogP contribution in [-0.4, -0.2) is 13.6 Å². The van der Waals surface area contributed by atoms with Gasteiger partial charge in [0.05, 0.1) is 0 Å². The van der Waals surface area contributed by atoms with E-state index in [9.17, 15) is 0 Å². The second-order valence-electron chi connectivity index (χ2n) is 1.25. The number of carbonyl (C=O) groups excluding carboxylic acids is 2. The third kappa shape index (κ3) is 7.34. The normalized spacial score (nSPS) is 11.9. The average molecular weight is 180 g/mol. The van der Waals surface area contributed by atoms with Crippen molar-refractivity contribution in [2.75, 3.05) is 0 Å². The van der Waals surface area contributed by atoms with Gasteiger partial charge in [0.2, 0.25) is 0 Å². The molecule has 0 heterocycles. The van der Waals surface area contributed by atoms with Crippen LogP contribution in [0.1, 0.15) is 6.42 Å². The fourth-order valence-corrected chi connectivity index (χ4v) is 0.674. The number of hydrogen-bond acceptors (Lipinski definition) is 2. The second kappa shape index (κ2) is 11.2. The van der Waals surface area contributed by atoms with Crippen molar-refractivity contribution in [2.45, 2.75) is 6.42 Å². The van der Waals surface area contributed by atoms with E-state index >= 15 is 0 Å². The minimum absolute atomic E-state index is 1.08. The summed E-state index contributed by atoms with van der Waals surface area (Å²) in [6, 6.07) is 0. The molecule has 1 aliphatic rings. The summed E-state index contributed by atoms with van der Waals surface area (Å²) < 4.78 is 1.28. The molecule has 0 aliphatic heterocycles. The van der Waals surface area contributed by atoms with Crippen LogP contribution in [0.4, 0.5) is 0 Å². The molecule has 2 nitrogen and oxygen atoms in total. The summed E-state index contributed by atoms with van der Waals surface area (Å²) in [5.41, 5.74) is 0. The summed E-state index contributed by atoms with van der Waals surface area (Å²) in [7, 11) is 0. The first-order chi connectivity index (χ1) is 4.89. The van der Waals surface area contributed by atoms with Crippen LogP contribution in [0.2, 0.25) is 0 Å². The van der Waals surface area contributed by atoms with Crippen molar-refractivity contribution in [1.29, 1.82) is 0 Å². The number of allylic oxidation sites excluding steroid dienone is 4. The summed E-state index contributed by atoms with van der Waals surface area (Å²) in [5.74, 6) is 0. The summed E-state index contributed by atoms with van der Waals surface area (Å²) >= 11 is 3.34. The Balaban J connectivity index is 0. The van der Waals surface area contributed by atoms with E-state index in [4.69, 9.17) is 9.59 Å². The van der Waals surface area contributed by atoms with Crippen LogP contribution in [0.25, 0.3) is 0 Å². The zero-order valence-corrected chi connectivity index (χ0v) is 6.73. The Labute approximate surface area is 68.8 Å². The summed E-state index contributed by atoms with van der Waals surface area (Å²) in [6.45, 7) is 4.00. The molecule has 0 radical (unpaired) electrons. The average Bonchev–Trinajstić information content (AvgIpc) is 2.48. The third-order valence-electron chi connectivity index (χ3n) is 0.726. The molecule has 0 bridgehead atoms. The molecule has 0 N–H and O–H groups in total. The predicted molar refractivity (Wildman–Crippen MR) is 36.1 cm³/mol. The molecule has 0 saturated heterocycles. The molecule has 0 fully saturated rings. The van der Waals surface area contributed by atoms with Gasteiger partial charge in [0.1, 0.15) is 13.6 Å². The number of carbonyl (C=O) groups is 2. The summed E-state index contributed by atoms with van der Waals surface area (Å²) in [5, 5.41) is 0. The number of hydrogen-bond donors (Lipinski definition) is 0. The molecule has 3 heteroatoms. The Morgan fingerprint density at radius 3 is 1.90 bits per heavy atom. The van der Waals surface area contributed by atoms with Crippen LogP contribution in [-0.2, 0) is 25.6 Å². The zero-order chi connectivity index (χ0) is 8.41. The van der Waals surface area contributed by atoms with Gasteiger partial charge in [-0.25, -0.2) is 0 Å². The van der Waals surface area contributed by atoms with Crippen molar-refractivity contribution < 1.29 is 25.6 Å². The standard InChI is InChI=1S/C5H5.2CH2O.Mn/c1-2-4-5-3-1;2*1-2;/h1-3H,4H2;2*1H2;. The Morgan fingerprint density at radius 1 is 1.30 bits per heavy atom. The minimum atomic E-state index is 1.08. The van der Waals surface area contributed by atoms with E-state index in [1.54, 1.807) is 0 Å². The molecule has 0 amide bonds. The van der Waals surface area contributed by atoms with Gasteiger partial charge in [-0.3, -0.25) is 0 Å². The molecule has 0 atom stereocenters. The predicted octanol–water partition coefficient (Wildman–Crippen LogP) is 1.01. The first-order valence-electron chi connectivity index (χ1n) is 2.48. The van der Waals surface area contributed by atoms with Crippen molar-refractivity contribution in [3.05, 3.63) is 22.7 Å². The molecule has 0 aromatic rings. The van der Waals surface area contributed by atoms with Crippen molar-refractivity contribution in [3.8, 4) is 0 Å². The van der Waals surface area contributed by atoms with Crippen molar-refractivity contribution >= 4 is 13.6 Å².